The Labute approximate surface area is 88.5 Å². The minimum absolute atomic E-state index is 0.263. The molecule has 4 heteroatoms. The highest BCUT2D eigenvalue weighted by molar-refractivity contribution is 7.09. The molecule has 78 valence electrons. The molecule has 1 aliphatic heterocycles. The van der Waals surface area contributed by atoms with Crippen LogP contribution in [0.5, 0.6) is 0 Å². The van der Waals surface area contributed by atoms with Crippen LogP contribution in [0.25, 0.3) is 0 Å². The highest BCUT2D eigenvalue weighted by Gasteiger charge is 2.18. The second-order valence-corrected chi connectivity index (χ2v) is 4.45. The molecule has 1 saturated heterocycles. The molecule has 0 aromatic carbocycles. The van der Waals surface area contributed by atoms with Crippen molar-refractivity contribution in [1.82, 2.24) is 10.3 Å². The Hall–Kier alpha value is -0.450. The van der Waals surface area contributed by atoms with Gasteiger partial charge in [-0.15, -0.1) is 11.3 Å². The molecule has 2 heterocycles. The summed E-state index contributed by atoms with van der Waals surface area (Å²) in [5.74, 6) is 0. The minimum atomic E-state index is 0.263. The molecule has 1 unspecified atom stereocenters. The van der Waals surface area contributed by atoms with Crippen LogP contribution in [-0.4, -0.2) is 18.6 Å². The van der Waals surface area contributed by atoms with Crippen LogP contribution in [0.2, 0.25) is 0 Å². The van der Waals surface area contributed by atoms with Gasteiger partial charge in [-0.2, -0.15) is 0 Å². The fraction of sp³-hybridized carbons (Fsp3) is 0.700. The summed E-state index contributed by atoms with van der Waals surface area (Å²) in [5.41, 5.74) is 1.13. The number of nitrogens with one attached hydrogen (secondary N) is 1. The molecule has 14 heavy (non-hydrogen) atoms. The zero-order valence-electron chi connectivity index (χ0n) is 8.45. The first-order valence-corrected chi connectivity index (χ1v) is 5.98. The van der Waals surface area contributed by atoms with Crippen molar-refractivity contribution in [3.63, 3.8) is 0 Å². The molecule has 0 bridgehead atoms. The maximum atomic E-state index is 5.68. The van der Waals surface area contributed by atoms with E-state index in [2.05, 4.69) is 15.7 Å². The van der Waals surface area contributed by atoms with Crippen LogP contribution >= 0.6 is 11.3 Å². The molecule has 1 aromatic heterocycles. The predicted octanol–water partition coefficient (Wildman–Crippen LogP) is 2.10. The summed E-state index contributed by atoms with van der Waals surface area (Å²) in [6.07, 6.45) is 3.86. The smallest absolute Gasteiger partial charge is 0.122 e. The lowest BCUT2D eigenvalue weighted by atomic mass is 10.1. The van der Waals surface area contributed by atoms with Crippen LogP contribution in [-0.2, 0) is 11.3 Å². The Kier molecular flexibility index (Phi) is 3.50. The lowest BCUT2D eigenvalue weighted by molar-refractivity contribution is 0.0147. The third-order valence-electron chi connectivity index (χ3n) is 2.38. The van der Waals surface area contributed by atoms with Crippen molar-refractivity contribution >= 4 is 11.3 Å². The van der Waals surface area contributed by atoms with Crippen LogP contribution in [0.15, 0.2) is 5.38 Å². The van der Waals surface area contributed by atoms with E-state index < -0.39 is 0 Å². The number of thiazole rings is 1. The van der Waals surface area contributed by atoms with Crippen LogP contribution < -0.4 is 5.32 Å². The second kappa shape index (κ2) is 4.87. The summed E-state index contributed by atoms with van der Waals surface area (Å²) >= 11 is 1.72. The average Bonchev–Trinajstić information content (AvgIpc) is 2.68. The second-order valence-electron chi connectivity index (χ2n) is 3.56. The quantitative estimate of drug-likeness (QED) is 0.833. The number of hydrogen-bond acceptors (Lipinski definition) is 4. The predicted molar refractivity (Wildman–Crippen MR) is 57.4 cm³/mol. The van der Waals surface area contributed by atoms with E-state index in [1.807, 2.05) is 7.05 Å². The van der Waals surface area contributed by atoms with Crippen LogP contribution in [0.4, 0.5) is 0 Å². The largest absolute Gasteiger partial charge is 0.371 e. The highest BCUT2D eigenvalue weighted by atomic mass is 32.1. The molecule has 1 aromatic rings. The molecule has 1 N–H and O–H groups in total. The zero-order chi connectivity index (χ0) is 9.80. The molecule has 0 amide bonds. The number of aromatic nitrogens is 1. The van der Waals surface area contributed by atoms with Gasteiger partial charge >= 0.3 is 0 Å². The van der Waals surface area contributed by atoms with Crippen LogP contribution in [0.3, 0.4) is 0 Å². The van der Waals surface area contributed by atoms with Gasteiger partial charge in [-0.05, 0) is 26.3 Å². The first-order valence-electron chi connectivity index (χ1n) is 5.10. The molecule has 1 aliphatic rings. The number of nitrogens with zero attached hydrogens (tertiary/aromatic N) is 1. The molecular weight excluding hydrogens is 196 g/mol. The highest BCUT2D eigenvalue weighted by Crippen LogP contribution is 2.29. The Bertz CT molecular complexity index is 281. The third-order valence-corrected chi connectivity index (χ3v) is 3.37. The Morgan fingerprint density at radius 3 is 3.29 bits per heavy atom. The molecule has 1 atom stereocenters. The van der Waals surface area contributed by atoms with Gasteiger partial charge in [0.25, 0.3) is 0 Å². The topological polar surface area (TPSA) is 34.1 Å². The lowest BCUT2D eigenvalue weighted by Gasteiger charge is -2.20. The average molecular weight is 212 g/mol. The van der Waals surface area contributed by atoms with Crippen LogP contribution in [0.1, 0.15) is 36.1 Å². The molecule has 0 aliphatic carbocycles. The van der Waals surface area contributed by atoms with Crippen molar-refractivity contribution < 1.29 is 4.74 Å². The van der Waals surface area contributed by atoms with Crippen molar-refractivity contribution in [1.29, 1.82) is 0 Å². The maximum absolute atomic E-state index is 5.68. The van der Waals surface area contributed by atoms with Gasteiger partial charge in [-0.3, -0.25) is 0 Å². The summed E-state index contributed by atoms with van der Waals surface area (Å²) < 4.78 is 5.68. The van der Waals surface area contributed by atoms with E-state index in [9.17, 15) is 0 Å². The number of rotatable bonds is 3. The Balaban J connectivity index is 2.00. The van der Waals surface area contributed by atoms with Gasteiger partial charge in [-0.1, -0.05) is 0 Å². The molecule has 2 rings (SSSR count). The van der Waals surface area contributed by atoms with Gasteiger partial charge in [0.1, 0.15) is 11.1 Å². The van der Waals surface area contributed by atoms with Gasteiger partial charge in [0.2, 0.25) is 0 Å². The standard InChI is InChI=1S/C10H16N2OS/c1-11-6-8-7-14-10(12-8)9-4-2-3-5-13-9/h7,9,11H,2-6H2,1H3. The fourth-order valence-corrected chi connectivity index (χ4v) is 2.57. The van der Waals surface area contributed by atoms with Crippen LogP contribution in [0, 0.1) is 0 Å². The number of ether oxygens (including phenoxy) is 1. The van der Waals surface area contributed by atoms with Gasteiger partial charge < -0.3 is 10.1 Å². The van der Waals surface area contributed by atoms with Gasteiger partial charge in [-0.25, -0.2) is 4.98 Å². The number of hydrogen-bond donors (Lipinski definition) is 1. The summed E-state index contributed by atoms with van der Waals surface area (Å²) in [7, 11) is 1.94. The first kappa shape index (κ1) is 10.1. The van der Waals surface area contributed by atoms with E-state index in [0.717, 1.165) is 30.3 Å². The Morgan fingerprint density at radius 1 is 1.64 bits per heavy atom. The lowest BCUT2D eigenvalue weighted by Crippen LogP contribution is -2.12. The van der Waals surface area contributed by atoms with E-state index in [0.29, 0.717) is 0 Å². The molecule has 0 spiro atoms. The minimum Gasteiger partial charge on any atom is -0.371 e. The zero-order valence-corrected chi connectivity index (χ0v) is 9.27. The van der Waals surface area contributed by atoms with Gasteiger partial charge in [0.05, 0.1) is 5.69 Å². The SMILES string of the molecule is CNCc1csc(C2CCCCO2)n1. The molecule has 3 nitrogen and oxygen atoms in total. The molecule has 0 radical (unpaired) electrons. The third kappa shape index (κ3) is 2.32. The normalized spacial score (nSPS) is 22.5. The summed E-state index contributed by atoms with van der Waals surface area (Å²) in [4.78, 5) is 4.55. The monoisotopic (exact) mass is 212 g/mol. The van der Waals surface area contributed by atoms with E-state index >= 15 is 0 Å². The molecular formula is C10H16N2OS. The maximum Gasteiger partial charge on any atom is 0.122 e. The summed E-state index contributed by atoms with van der Waals surface area (Å²) in [6.45, 7) is 1.74. The first-order chi connectivity index (χ1) is 6.90. The Morgan fingerprint density at radius 2 is 2.57 bits per heavy atom. The van der Waals surface area contributed by atoms with E-state index in [1.165, 1.54) is 12.8 Å². The van der Waals surface area contributed by atoms with Gasteiger partial charge in [0, 0.05) is 18.5 Å². The van der Waals surface area contributed by atoms with Gasteiger partial charge in [0.15, 0.2) is 0 Å². The van der Waals surface area contributed by atoms with E-state index in [-0.39, 0.29) is 6.10 Å². The molecule has 1 fully saturated rings. The van der Waals surface area contributed by atoms with Crippen molar-refractivity contribution in [3.05, 3.63) is 16.1 Å². The van der Waals surface area contributed by atoms with Crippen molar-refractivity contribution in [3.8, 4) is 0 Å². The van der Waals surface area contributed by atoms with Crippen molar-refractivity contribution in [2.75, 3.05) is 13.7 Å². The summed E-state index contributed by atoms with van der Waals surface area (Å²) in [5, 5.41) is 6.37. The van der Waals surface area contributed by atoms with Crippen molar-refractivity contribution in [2.24, 2.45) is 0 Å². The van der Waals surface area contributed by atoms with E-state index in [1.54, 1.807) is 11.3 Å². The van der Waals surface area contributed by atoms with Crippen molar-refractivity contribution in [2.45, 2.75) is 31.9 Å². The summed E-state index contributed by atoms with van der Waals surface area (Å²) in [6, 6.07) is 0. The fourth-order valence-electron chi connectivity index (χ4n) is 1.67. The van der Waals surface area contributed by atoms with E-state index in [4.69, 9.17) is 4.74 Å². The molecule has 0 saturated carbocycles.